The molecular formula is C19H35NO. The van der Waals surface area contributed by atoms with E-state index >= 15 is 0 Å². The largest absolute Gasteiger partial charge is 0.333 e. The number of hydrogen-bond donors (Lipinski definition) is 0. The Balaban J connectivity index is 0.00000191. The van der Waals surface area contributed by atoms with Crippen LogP contribution in [0.5, 0.6) is 0 Å². The summed E-state index contributed by atoms with van der Waals surface area (Å²) in [6.45, 7) is 9.17. The van der Waals surface area contributed by atoms with Gasteiger partial charge >= 0.3 is 0 Å². The predicted octanol–water partition coefficient (Wildman–Crippen LogP) is 5.50. The van der Waals surface area contributed by atoms with Gasteiger partial charge in [0.2, 0.25) is 5.91 Å². The number of nitrogens with zero attached hydrogens (tertiary/aromatic N) is 1. The fourth-order valence-electron chi connectivity index (χ4n) is 2.43. The topological polar surface area (TPSA) is 20.3 Å². The fourth-order valence-corrected chi connectivity index (χ4v) is 2.43. The van der Waals surface area contributed by atoms with Gasteiger partial charge in [-0.05, 0) is 25.7 Å². The Labute approximate surface area is 132 Å². The molecule has 1 saturated heterocycles. The van der Waals surface area contributed by atoms with Crippen molar-refractivity contribution in [1.82, 2.24) is 4.90 Å². The van der Waals surface area contributed by atoms with Gasteiger partial charge in [0, 0.05) is 13.0 Å². The molecule has 0 unspecified atom stereocenters. The summed E-state index contributed by atoms with van der Waals surface area (Å²) in [6, 6.07) is 0.323. The lowest BCUT2D eigenvalue weighted by atomic mass is 10.0. The summed E-state index contributed by atoms with van der Waals surface area (Å²) in [4.78, 5) is 14.1. The molecule has 2 heteroatoms. The molecule has 2 nitrogen and oxygen atoms in total. The van der Waals surface area contributed by atoms with Crippen LogP contribution in [0.3, 0.4) is 0 Å². The molecule has 1 fully saturated rings. The lowest BCUT2D eigenvalue weighted by molar-refractivity contribution is -0.134. The molecule has 1 rings (SSSR count). The fraction of sp³-hybridized carbons (Fsp3) is 0.737. The number of carbonyl (C=O) groups excluding carboxylic acids is 1. The SMILES string of the molecule is CC.CCCC=C[C@H]1CCCC(=O)N1CC=CCCCC. The number of hydrogen-bond acceptors (Lipinski definition) is 1. The van der Waals surface area contributed by atoms with E-state index in [4.69, 9.17) is 0 Å². The smallest absolute Gasteiger partial charge is 0.223 e. The van der Waals surface area contributed by atoms with E-state index in [1.807, 2.05) is 18.7 Å². The first-order valence-electron chi connectivity index (χ1n) is 8.90. The Bertz CT molecular complexity index is 307. The van der Waals surface area contributed by atoms with Gasteiger partial charge in [-0.3, -0.25) is 4.79 Å². The van der Waals surface area contributed by atoms with E-state index in [1.54, 1.807) is 0 Å². The molecular weight excluding hydrogens is 258 g/mol. The van der Waals surface area contributed by atoms with Crippen molar-refractivity contribution < 1.29 is 4.79 Å². The van der Waals surface area contributed by atoms with Gasteiger partial charge in [-0.2, -0.15) is 0 Å². The standard InChI is InChI=1S/C17H29NO.C2H6/c1-3-5-7-8-10-15-18-16(12-9-6-4-2)13-11-14-17(18)19;1-2/h8-10,12,16H,3-7,11,13-15H2,1-2H3;1-2H3/t16-;/m0./s1. The minimum atomic E-state index is 0.317. The van der Waals surface area contributed by atoms with Crippen molar-refractivity contribution in [2.75, 3.05) is 6.54 Å². The Hall–Kier alpha value is -1.05. The maximum Gasteiger partial charge on any atom is 0.223 e. The molecule has 0 bridgehead atoms. The summed E-state index contributed by atoms with van der Waals surface area (Å²) < 4.78 is 0. The van der Waals surface area contributed by atoms with E-state index in [1.165, 1.54) is 19.3 Å². The second-order valence-corrected chi connectivity index (χ2v) is 5.34. The van der Waals surface area contributed by atoms with E-state index in [2.05, 4.69) is 38.2 Å². The van der Waals surface area contributed by atoms with Crippen molar-refractivity contribution in [1.29, 1.82) is 0 Å². The van der Waals surface area contributed by atoms with Crippen LogP contribution in [-0.2, 0) is 4.79 Å². The maximum absolute atomic E-state index is 12.0. The van der Waals surface area contributed by atoms with Crippen molar-refractivity contribution in [3.8, 4) is 0 Å². The summed E-state index contributed by atoms with van der Waals surface area (Å²) in [6.07, 6.45) is 17.6. The molecule has 1 aliphatic heterocycles. The molecule has 1 aliphatic rings. The van der Waals surface area contributed by atoms with Crippen molar-refractivity contribution in [2.24, 2.45) is 0 Å². The Morgan fingerprint density at radius 1 is 1.10 bits per heavy atom. The van der Waals surface area contributed by atoms with Crippen LogP contribution < -0.4 is 0 Å². The molecule has 0 spiro atoms. The number of likely N-dealkylation sites (tertiary alicyclic amines) is 1. The van der Waals surface area contributed by atoms with Crippen molar-refractivity contribution in [3.63, 3.8) is 0 Å². The zero-order valence-electron chi connectivity index (χ0n) is 14.6. The van der Waals surface area contributed by atoms with E-state index in [0.717, 1.165) is 38.6 Å². The highest BCUT2D eigenvalue weighted by Crippen LogP contribution is 2.19. The summed E-state index contributed by atoms with van der Waals surface area (Å²) in [7, 11) is 0. The van der Waals surface area contributed by atoms with Gasteiger partial charge in [0.1, 0.15) is 0 Å². The molecule has 1 amide bonds. The Kier molecular flexibility index (Phi) is 13.2. The minimum Gasteiger partial charge on any atom is -0.333 e. The van der Waals surface area contributed by atoms with Crippen LogP contribution in [-0.4, -0.2) is 23.4 Å². The van der Waals surface area contributed by atoms with Gasteiger partial charge in [-0.1, -0.05) is 71.3 Å². The number of allylic oxidation sites excluding steroid dienone is 2. The second kappa shape index (κ2) is 13.9. The lowest BCUT2D eigenvalue weighted by Crippen LogP contribution is -2.42. The zero-order valence-corrected chi connectivity index (χ0v) is 14.6. The van der Waals surface area contributed by atoms with Gasteiger partial charge < -0.3 is 4.90 Å². The molecule has 0 aromatic rings. The van der Waals surface area contributed by atoms with Crippen LogP contribution in [0.1, 0.15) is 79.1 Å². The second-order valence-electron chi connectivity index (χ2n) is 5.34. The summed E-state index contributed by atoms with van der Waals surface area (Å²) in [5.41, 5.74) is 0. The zero-order chi connectivity index (χ0) is 15.9. The van der Waals surface area contributed by atoms with Crippen LogP contribution in [0.2, 0.25) is 0 Å². The summed E-state index contributed by atoms with van der Waals surface area (Å²) in [5, 5.41) is 0. The Morgan fingerprint density at radius 2 is 1.86 bits per heavy atom. The first-order chi connectivity index (χ1) is 10.3. The molecule has 0 N–H and O–H groups in total. The van der Waals surface area contributed by atoms with Gasteiger partial charge in [0.05, 0.1) is 6.04 Å². The molecule has 0 aliphatic carbocycles. The Morgan fingerprint density at radius 3 is 2.52 bits per heavy atom. The molecule has 0 aromatic heterocycles. The van der Waals surface area contributed by atoms with E-state index < -0.39 is 0 Å². The minimum absolute atomic E-state index is 0.317. The molecule has 0 radical (unpaired) electrons. The highest BCUT2D eigenvalue weighted by atomic mass is 16.2. The maximum atomic E-state index is 12.0. The molecule has 1 heterocycles. The number of piperidine rings is 1. The van der Waals surface area contributed by atoms with Crippen LogP contribution in [0.15, 0.2) is 24.3 Å². The van der Waals surface area contributed by atoms with E-state index in [-0.39, 0.29) is 0 Å². The highest BCUT2D eigenvalue weighted by Gasteiger charge is 2.24. The monoisotopic (exact) mass is 293 g/mol. The lowest BCUT2D eigenvalue weighted by Gasteiger charge is -2.33. The first kappa shape index (κ1) is 19.9. The highest BCUT2D eigenvalue weighted by molar-refractivity contribution is 5.77. The van der Waals surface area contributed by atoms with Gasteiger partial charge in [-0.15, -0.1) is 0 Å². The number of unbranched alkanes of at least 4 members (excludes halogenated alkanes) is 3. The number of amides is 1. The van der Waals surface area contributed by atoms with Crippen molar-refractivity contribution >= 4 is 5.91 Å². The van der Waals surface area contributed by atoms with Crippen LogP contribution in [0, 0.1) is 0 Å². The third-order valence-corrected chi connectivity index (χ3v) is 3.62. The molecule has 0 aromatic carbocycles. The predicted molar refractivity (Wildman–Crippen MR) is 93.4 cm³/mol. The van der Waals surface area contributed by atoms with Gasteiger partial charge in [0.25, 0.3) is 0 Å². The van der Waals surface area contributed by atoms with E-state index in [0.29, 0.717) is 11.9 Å². The number of rotatable bonds is 8. The van der Waals surface area contributed by atoms with Crippen molar-refractivity contribution in [2.45, 2.75) is 85.1 Å². The summed E-state index contributed by atoms with van der Waals surface area (Å²) >= 11 is 0. The molecule has 21 heavy (non-hydrogen) atoms. The average Bonchev–Trinajstić information content (AvgIpc) is 2.51. The van der Waals surface area contributed by atoms with Crippen LogP contribution in [0.4, 0.5) is 0 Å². The number of carbonyl (C=O) groups is 1. The van der Waals surface area contributed by atoms with Gasteiger partial charge in [0.15, 0.2) is 0 Å². The van der Waals surface area contributed by atoms with E-state index in [9.17, 15) is 4.79 Å². The van der Waals surface area contributed by atoms with Crippen molar-refractivity contribution in [3.05, 3.63) is 24.3 Å². The third-order valence-electron chi connectivity index (χ3n) is 3.62. The molecule has 0 saturated carbocycles. The summed E-state index contributed by atoms with van der Waals surface area (Å²) in [5.74, 6) is 0.317. The average molecular weight is 293 g/mol. The van der Waals surface area contributed by atoms with Crippen LogP contribution >= 0.6 is 0 Å². The molecule has 122 valence electrons. The van der Waals surface area contributed by atoms with Crippen LogP contribution in [0.25, 0.3) is 0 Å². The molecule has 1 atom stereocenters. The van der Waals surface area contributed by atoms with Gasteiger partial charge in [-0.25, -0.2) is 0 Å². The first-order valence-corrected chi connectivity index (χ1v) is 8.90. The third kappa shape index (κ3) is 8.75. The quantitative estimate of drug-likeness (QED) is 0.427. The normalized spacial score (nSPS) is 19.1.